The standard InChI is InChI=1S/C22H30N4O3/c1-15-3-2-4-26-18(12-23-22(15)26)11-21(28)25-13-16-9-19(20(27)10-17(16)14-25)24-5-7-29-8-6-24/h2-4,12,16-17,19-20,27H,5-11,13-14H2,1H3/t16-,17+,19-,20-/m1/s1. The molecule has 156 valence electrons. The summed E-state index contributed by atoms with van der Waals surface area (Å²) in [5.74, 6) is 1.07. The zero-order chi connectivity index (χ0) is 20.0. The largest absolute Gasteiger partial charge is 0.391 e. The van der Waals surface area contributed by atoms with Crippen molar-refractivity contribution in [3.8, 4) is 0 Å². The molecule has 7 heteroatoms. The molecule has 0 bridgehead atoms. The number of imidazole rings is 1. The first kappa shape index (κ1) is 19.0. The molecule has 5 rings (SSSR count). The van der Waals surface area contributed by atoms with Gasteiger partial charge in [0.2, 0.25) is 5.91 Å². The maximum absolute atomic E-state index is 13.0. The Labute approximate surface area is 171 Å². The predicted molar refractivity (Wildman–Crippen MR) is 109 cm³/mol. The average Bonchev–Trinajstić information content (AvgIpc) is 3.33. The number of aromatic nitrogens is 2. The van der Waals surface area contributed by atoms with Crippen LogP contribution in [0.5, 0.6) is 0 Å². The number of hydrogen-bond acceptors (Lipinski definition) is 5. The summed E-state index contributed by atoms with van der Waals surface area (Å²) in [6, 6.07) is 4.24. The summed E-state index contributed by atoms with van der Waals surface area (Å²) >= 11 is 0. The number of hydrogen-bond donors (Lipinski definition) is 1. The van der Waals surface area contributed by atoms with Gasteiger partial charge in [-0.1, -0.05) is 6.07 Å². The first-order chi connectivity index (χ1) is 14.1. The number of fused-ring (bicyclic) bond motifs is 2. The van der Waals surface area contributed by atoms with Crippen molar-refractivity contribution in [3.63, 3.8) is 0 Å². The minimum Gasteiger partial charge on any atom is -0.391 e. The molecule has 0 spiro atoms. The van der Waals surface area contributed by atoms with E-state index >= 15 is 0 Å². The van der Waals surface area contributed by atoms with Crippen LogP contribution in [0.3, 0.4) is 0 Å². The number of rotatable bonds is 3. The van der Waals surface area contributed by atoms with Crippen LogP contribution in [0.25, 0.3) is 5.65 Å². The lowest BCUT2D eigenvalue weighted by Gasteiger charge is -2.43. The quantitative estimate of drug-likeness (QED) is 0.839. The van der Waals surface area contributed by atoms with Gasteiger partial charge in [-0.3, -0.25) is 9.69 Å². The third kappa shape index (κ3) is 3.56. The Morgan fingerprint density at radius 1 is 1.24 bits per heavy atom. The van der Waals surface area contributed by atoms with Crippen LogP contribution in [0, 0.1) is 18.8 Å². The smallest absolute Gasteiger partial charge is 0.228 e. The van der Waals surface area contributed by atoms with Crippen LogP contribution in [0.15, 0.2) is 24.5 Å². The van der Waals surface area contributed by atoms with E-state index in [-0.39, 0.29) is 18.1 Å². The molecule has 2 aliphatic heterocycles. The fourth-order valence-corrected chi connectivity index (χ4v) is 5.51. The minimum absolute atomic E-state index is 0.167. The van der Waals surface area contributed by atoms with Gasteiger partial charge in [-0.15, -0.1) is 0 Å². The molecular formula is C22H30N4O3. The van der Waals surface area contributed by atoms with Crippen molar-refractivity contribution in [1.82, 2.24) is 19.2 Å². The van der Waals surface area contributed by atoms with Gasteiger partial charge in [0.05, 0.1) is 31.4 Å². The third-order valence-electron chi connectivity index (χ3n) is 7.12. The highest BCUT2D eigenvalue weighted by atomic mass is 16.5. The van der Waals surface area contributed by atoms with Gasteiger partial charge in [0.15, 0.2) is 0 Å². The number of ether oxygens (including phenoxy) is 1. The van der Waals surface area contributed by atoms with E-state index in [1.165, 1.54) is 0 Å². The van der Waals surface area contributed by atoms with Crippen molar-refractivity contribution in [1.29, 1.82) is 0 Å². The van der Waals surface area contributed by atoms with Crippen LogP contribution >= 0.6 is 0 Å². The van der Waals surface area contributed by atoms with Crippen LogP contribution in [0.2, 0.25) is 0 Å². The van der Waals surface area contributed by atoms with Crippen LogP contribution in [0.4, 0.5) is 0 Å². The Kier molecular flexibility index (Phi) is 5.05. The van der Waals surface area contributed by atoms with E-state index in [0.717, 1.165) is 69.1 Å². The molecule has 3 aliphatic rings. The number of amides is 1. The highest BCUT2D eigenvalue weighted by Crippen LogP contribution is 2.38. The second kappa shape index (κ2) is 7.70. The molecule has 1 amide bonds. The fraction of sp³-hybridized carbons (Fsp3) is 0.636. The summed E-state index contributed by atoms with van der Waals surface area (Å²) in [5.41, 5.74) is 2.97. The summed E-state index contributed by atoms with van der Waals surface area (Å²) in [4.78, 5) is 21.9. The monoisotopic (exact) mass is 398 g/mol. The van der Waals surface area contributed by atoms with E-state index in [9.17, 15) is 9.90 Å². The number of nitrogens with zero attached hydrogens (tertiary/aromatic N) is 4. The highest BCUT2D eigenvalue weighted by molar-refractivity contribution is 5.79. The molecule has 2 aromatic rings. The van der Waals surface area contributed by atoms with E-state index in [1.54, 1.807) is 0 Å². The van der Waals surface area contributed by atoms with Crippen LogP contribution in [0.1, 0.15) is 24.1 Å². The van der Waals surface area contributed by atoms with Gasteiger partial charge in [-0.25, -0.2) is 4.98 Å². The Balaban J connectivity index is 1.25. The Morgan fingerprint density at radius 2 is 2.00 bits per heavy atom. The molecule has 0 unspecified atom stereocenters. The number of carbonyl (C=O) groups is 1. The fourth-order valence-electron chi connectivity index (χ4n) is 5.51. The SMILES string of the molecule is Cc1cccn2c(CC(=O)N3C[C@H]4C[C@@H](N5CCOCC5)[C@H](O)C[C@H]4C3)cnc12. The molecule has 4 atom stereocenters. The molecule has 0 radical (unpaired) electrons. The van der Waals surface area contributed by atoms with E-state index < -0.39 is 0 Å². The summed E-state index contributed by atoms with van der Waals surface area (Å²) < 4.78 is 7.49. The molecule has 2 aromatic heterocycles. The van der Waals surface area contributed by atoms with E-state index in [4.69, 9.17) is 4.74 Å². The highest BCUT2D eigenvalue weighted by Gasteiger charge is 2.44. The number of pyridine rings is 1. The zero-order valence-corrected chi connectivity index (χ0v) is 17.0. The zero-order valence-electron chi connectivity index (χ0n) is 17.0. The molecule has 7 nitrogen and oxygen atoms in total. The topological polar surface area (TPSA) is 70.3 Å². The van der Waals surface area contributed by atoms with E-state index in [0.29, 0.717) is 18.3 Å². The molecule has 2 saturated heterocycles. The number of carbonyl (C=O) groups excluding carboxylic acids is 1. The average molecular weight is 399 g/mol. The summed E-state index contributed by atoms with van der Waals surface area (Å²) in [6.07, 6.45) is 5.65. The number of morpholine rings is 1. The Morgan fingerprint density at radius 3 is 2.79 bits per heavy atom. The molecule has 29 heavy (non-hydrogen) atoms. The number of aliphatic hydroxyl groups excluding tert-OH is 1. The van der Waals surface area contributed by atoms with Crippen molar-refractivity contribution in [3.05, 3.63) is 35.8 Å². The minimum atomic E-state index is -0.300. The lowest BCUT2D eigenvalue weighted by Crippen LogP contribution is -2.53. The predicted octanol–water partition coefficient (Wildman–Crippen LogP) is 1.12. The summed E-state index contributed by atoms with van der Waals surface area (Å²) in [7, 11) is 0. The Hall–Kier alpha value is -1.96. The maximum Gasteiger partial charge on any atom is 0.228 e. The second-order valence-electron chi connectivity index (χ2n) is 8.88. The van der Waals surface area contributed by atoms with Crippen molar-refractivity contribution in [2.75, 3.05) is 39.4 Å². The van der Waals surface area contributed by atoms with Gasteiger partial charge in [-0.05, 0) is 43.2 Å². The second-order valence-corrected chi connectivity index (χ2v) is 8.88. The van der Waals surface area contributed by atoms with Gasteiger partial charge >= 0.3 is 0 Å². The first-order valence-electron chi connectivity index (χ1n) is 10.8. The first-order valence-corrected chi connectivity index (χ1v) is 10.8. The lowest BCUT2D eigenvalue weighted by molar-refractivity contribution is -0.129. The van der Waals surface area contributed by atoms with Crippen molar-refractivity contribution < 1.29 is 14.6 Å². The van der Waals surface area contributed by atoms with Gasteiger partial charge in [-0.2, -0.15) is 0 Å². The number of aliphatic hydroxyl groups is 1. The van der Waals surface area contributed by atoms with Gasteiger partial charge in [0, 0.05) is 44.6 Å². The summed E-state index contributed by atoms with van der Waals surface area (Å²) in [6.45, 7) is 6.92. The third-order valence-corrected chi connectivity index (χ3v) is 7.12. The molecule has 1 aliphatic carbocycles. The molecule has 3 fully saturated rings. The van der Waals surface area contributed by atoms with Crippen molar-refractivity contribution in [2.45, 2.75) is 38.3 Å². The molecule has 1 saturated carbocycles. The van der Waals surface area contributed by atoms with Gasteiger partial charge < -0.3 is 19.1 Å². The maximum atomic E-state index is 13.0. The van der Waals surface area contributed by atoms with Crippen LogP contribution in [-0.4, -0.2) is 81.7 Å². The van der Waals surface area contributed by atoms with Gasteiger partial charge in [0.1, 0.15) is 5.65 Å². The Bertz CT molecular complexity index is 891. The molecule has 1 N–H and O–H groups in total. The molecule has 4 heterocycles. The normalized spacial score (nSPS) is 30.6. The van der Waals surface area contributed by atoms with Gasteiger partial charge in [0.25, 0.3) is 0 Å². The van der Waals surface area contributed by atoms with Crippen LogP contribution in [-0.2, 0) is 16.0 Å². The lowest BCUT2D eigenvalue weighted by atomic mass is 9.77. The van der Waals surface area contributed by atoms with Crippen LogP contribution < -0.4 is 0 Å². The molecule has 0 aromatic carbocycles. The number of aryl methyl sites for hydroxylation is 1. The summed E-state index contributed by atoms with van der Waals surface area (Å²) in [5, 5.41) is 10.7. The van der Waals surface area contributed by atoms with E-state index in [2.05, 4.69) is 9.88 Å². The van der Waals surface area contributed by atoms with Crippen molar-refractivity contribution in [2.24, 2.45) is 11.8 Å². The molecular weight excluding hydrogens is 368 g/mol. The van der Waals surface area contributed by atoms with Crippen molar-refractivity contribution >= 4 is 11.6 Å². The number of likely N-dealkylation sites (tertiary alicyclic amines) is 1. The van der Waals surface area contributed by atoms with E-state index in [1.807, 2.05) is 40.8 Å².